The molecule has 0 saturated carbocycles. The Morgan fingerprint density at radius 1 is 1.24 bits per heavy atom. The Morgan fingerprint density at radius 3 is 2.81 bits per heavy atom. The Morgan fingerprint density at radius 2 is 2.05 bits per heavy atom. The zero-order valence-corrected chi connectivity index (χ0v) is 12.9. The Labute approximate surface area is 129 Å². The minimum absolute atomic E-state index is 0.259. The monoisotopic (exact) mass is 309 g/mol. The minimum atomic E-state index is 0.259. The van der Waals surface area contributed by atoms with Gasteiger partial charge in [0, 0.05) is 12.2 Å². The van der Waals surface area contributed by atoms with Crippen molar-refractivity contribution in [1.29, 1.82) is 0 Å². The normalized spacial score (nSPS) is 11.2. The van der Waals surface area contributed by atoms with Crippen molar-refractivity contribution >= 4 is 11.6 Å². The molecule has 114 valence electrons. The molecule has 2 aromatic rings. The van der Waals surface area contributed by atoms with Crippen molar-refractivity contribution in [3.05, 3.63) is 35.2 Å². The smallest absolute Gasteiger partial charge is 0.241 e. The van der Waals surface area contributed by atoms with Crippen LogP contribution in [-0.4, -0.2) is 40.3 Å². The van der Waals surface area contributed by atoms with Crippen molar-refractivity contribution in [1.82, 2.24) is 15.0 Å². The van der Waals surface area contributed by atoms with E-state index in [2.05, 4.69) is 15.0 Å². The molecule has 5 nitrogen and oxygen atoms in total. The number of unbranched alkanes of at least 4 members (excludes halogenated alkanes) is 2. The first-order valence-corrected chi connectivity index (χ1v) is 7.45. The van der Waals surface area contributed by atoms with Crippen molar-refractivity contribution in [3.8, 4) is 11.4 Å². The van der Waals surface area contributed by atoms with Gasteiger partial charge < -0.3 is 9.63 Å². The number of aromatic nitrogens is 2. The number of hydrogen-bond donors (Lipinski definition) is 1. The lowest BCUT2D eigenvalue weighted by atomic mass is 10.2. The summed E-state index contributed by atoms with van der Waals surface area (Å²) in [5.41, 5.74) is 0.778. The zero-order valence-electron chi connectivity index (χ0n) is 12.1. The average molecular weight is 310 g/mol. The number of rotatable bonds is 8. The van der Waals surface area contributed by atoms with Crippen molar-refractivity contribution in [2.45, 2.75) is 25.8 Å². The molecule has 0 unspecified atom stereocenters. The summed E-state index contributed by atoms with van der Waals surface area (Å²) in [5.74, 6) is 1.10. The van der Waals surface area contributed by atoms with E-state index in [1.807, 2.05) is 25.2 Å². The van der Waals surface area contributed by atoms with Crippen LogP contribution in [0.5, 0.6) is 0 Å². The lowest BCUT2D eigenvalue weighted by Gasteiger charge is -2.13. The number of benzene rings is 1. The van der Waals surface area contributed by atoms with Crippen LogP contribution in [0, 0.1) is 0 Å². The fourth-order valence-corrected chi connectivity index (χ4v) is 2.27. The van der Waals surface area contributed by atoms with Gasteiger partial charge in [0.15, 0.2) is 0 Å². The van der Waals surface area contributed by atoms with Crippen LogP contribution in [0.4, 0.5) is 0 Å². The number of halogens is 1. The molecule has 0 atom stereocenters. The van der Waals surface area contributed by atoms with E-state index in [4.69, 9.17) is 21.2 Å². The molecule has 0 aliphatic heterocycles. The Balaban J connectivity index is 1.90. The van der Waals surface area contributed by atoms with Gasteiger partial charge in [-0.05, 0) is 45.0 Å². The van der Waals surface area contributed by atoms with E-state index >= 15 is 0 Å². The summed E-state index contributed by atoms with van der Waals surface area (Å²) in [6.07, 6.45) is 2.92. The minimum Gasteiger partial charge on any atom is -0.396 e. The maximum atomic E-state index is 8.74. The van der Waals surface area contributed by atoms with Gasteiger partial charge in [0.2, 0.25) is 11.7 Å². The second-order valence-corrected chi connectivity index (χ2v) is 5.42. The van der Waals surface area contributed by atoms with E-state index in [1.165, 1.54) is 0 Å². The Bertz CT molecular complexity index is 559. The third kappa shape index (κ3) is 4.81. The van der Waals surface area contributed by atoms with Crippen LogP contribution in [-0.2, 0) is 6.54 Å². The molecule has 1 aromatic heterocycles. The maximum absolute atomic E-state index is 8.74. The van der Waals surface area contributed by atoms with Crippen molar-refractivity contribution in [2.24, 2.45) is 0 Å². The molecular formula is C15H20ClN3O2. The van der Waals surface area contributed by atoms with Crippen LogP contribution >= 0.6 is 11.6 Å². The summed E-state index contributed by atoms with van der Waals surface area (Å²) in [6.45, 7) is 1.80. The van der Waals surface area contributed by atoms with E-state index in [0.29, 0.717) is 23.3 Å². The van der Waals surface area contributed by atoms with Crippen LogP contribution in [0.25, 0.3) is 11.4 Å². The molecule has 0 fully saturated rings. The Hall–Kier alpha value is -1.43. The first-order valence-electron chi connectivity index (χ1n) is 7.07. The second kappa shape index (κ2) is 8.12. The maximum Gasteiger partial charge on any atom is 0.241 e. The highest BCUT2D eigenvalue weighted by Gasteiger charge is 2.12. The van der Waals surface area contributed by atoms with E-state index in [9.17, 15) is 0 Å². The molecule has 0 saturated heterocycles. The molecule has 1 N–H and O–H groups in total. The molecule has 21 heavy (non-hydrogen) atoms. The molecular weight excluding hydrogens is 290 g/mol. The molecule has 0 spiro atoms. The predicted octanol–water partition coefficient (Wildman–Crippen LogP) is 2.98. The molecule has 0 radical (unpaired) electrons. The summed E-state index contributed by atoms with van der Waals surface area (Å²) < 4.78 is 5.27. The lowest BCUT2D eigenvalue weighted by Crippen LogP contribution is -2.19. The van der Waals surface area contributed by atoms with Gasteiger partial charge in [-0.25, -0.2) is 0 Å². The van der Waals surface area contributed by atoms with Gasteiger partial charge in [0.1, 0.15) is 0 Å². The standard InChI is InChI=1S/C15H20ClN3O2/c1-19(9-5-2-6-10-20)11-14-17-15(18-21-14)12-7-3-4-8-13(12)16/h3-4,7-8,20H,2,5-6,9-11H2,1H3. The highest BCUT2D eigenvalue weighted by atomic mass is 35.5. The highest BCUT2D eigenvalue weighted by Crippen LogP contribution is 2.24. The van der Waals surface area contributed by atoms with Crippen LogP contribution < -0.4 is 0 Å². The van der Waals surface area contributed by atoms with Gasteiger partial charge in [0.05, 0.1) is 11.6 Å². The molecule has 6 heteroatoms. The van der Waals surface area contributed by atoms with Crippen molar-refractivity contribution in [3.63, 3.8) is 0 Å². The van der Waals surface area contributed by atoms with Gasteiger partial charge in [-0.3, -0.25) is 4.90 Å². The van der Waals surface area contributed by atoms with E-state index in [0.717, 1.165) is 31.4 Å². The topological polar surface area (TPSA) is 62.4 Å². The van der Waals surface area contributed by atoms with Crippen molar-refractivity contribution < 1.29 is 9.63 Å². The van der Waals surface area contributed by atoms with Crippen LogP contribution in [0.15, 0.2) is 28.8 Å². The van der Waals surface area contributed by atoms with Crippen molar-refractivity contribution in [2.75, 3.05) is 20.2 Å². The summed E-state index contributed by atoms with van der Waals surface area (Å²) >= 11 is 6.12. The molecule has 0 amide bonds. The fraction of sp³-hybridized carbons (Fsp3) is 0.467. The third-order valence-electron chi connectivity index (χ3n) is 3.19. The van der Waals surface area contributed by atoms with Gasteiger partial charge in [0.25, 0.3) is 0 Å². The largest absolute Gasteiger partial charge is 0.396 e. The van der Waals surface area contributed by atoms with Crippen LogP contribution in [0.3, 0.4) is 0 Å². The van der Waals surface area contributed by atoms with Gasteiger partial charge >= 0.3 is 0 Å². The third-order valence-corrected chi connectivity index (χ3v) is 3.52. The second-order valence-electron chi connectivity index (χ2n) is 5.01. The van der Waals surface area contributed by atoms with E-state index < -0.39 is 0 Å². The first-order chi connectivity index (χ1) is 10.2. The Kier molecular flexibility index (Phi) is 6.17. The van der Waals surface area contributed by atoms with Gasteiger partial charge in [-0.15, -0.1) is 0 Å². The summed E-state index contributed by atoms with van der Waals surface area (Å²) in [5, 5.41) is 13.3. The molecule has 0 bridgehead atoms. The highest BCUT2D eigenvalue weighted by molar-refractivity contribution is 6.33. The molecule has 0 aliphatic rings. The van der Waals surface area contributed by atoms with Crippen LogP contribution in [0.1, 0.15) is 25.2 Å². The molecule has 1 heterocycles. The van der Waals surface area contributed by atoms with Gasteiger partial charge in [-0.1, -0.05) is 28.9 Å². The number of nitrogens with zero attached hydrogens (tertiary/aromatic N) is 3. The number of aliphatic hydroxyl groups is 1. The number of hydrogen-bond acceptors (Lipinski definition) is 5. The summed E-state index contributed by atoms with van der Waals surface area (Å²) in [7, 11) is 2.01. The molecule has 2 rings (SSSR count). The fourth-order valence-electron chi connectivity index (χ4n) is 2.05. The average Bonchev–Trinajstić information content (AvgIpc) is 2.92. The lowest BCUT2D eigenvalue weighted by molar-refractivity contribution is 0.251. The van der Waals surface area contributed by atoms with Gasteiger partial charge in [-0.2, -0.15) is 4.98 Å². The van der Waals surface area contributed by atoms with E-state index in [1.54, 1.807) is 6.07 Å². The first kappa shape index (κ1) is 15.9. The van der Waals surface area contributed by atoms with Crippen LogP contribution in [0.2, 0.25) is 5.02 Å². The SMILES string of the molecule is CN(CCCCCO)Cc1nc(-c2ccccc2Cl)no1. The van der Waals surface area contributed by atoms with E-state index in [-0.39, 0.29) is 6.61 Å². The summed E-state index contributed by atoms with van der Waals surface area (Å²) in [4.78, 5) is 6.51. The quantitative estimate of drug-likeness (QED) is 0.760. The number of aliphatic hydroxyl groups excluding tert-OH is 1. The predicted molar refractivity (Wildman–Crippen MR) is 82.0 cm³/mol. The summed E-state index contributed by atoms with van der Waals surface area (Å²) in [6, 6.07) is 7.44. The molecule has 0 aliphatic carbocycles. The molecule has 1 aromatic carbocycles. The zero-order chi connectivity index (χ0) is 15.1.